The van der Waals surface area contributed by atoms with E-state index in [1.807, 2.05) is 11.6 Å². The zero-order chi connectivity index (χ0) is 20.7. The van der Waals surface area contributed by atoms with Crippen LogP contribution >= 0.6 is 22.9 Å². The van der Waals surface area contributed by atoms with E-state index in [4.69, 9.17) is 17.3 Å². The van der Waals surface area contributed by atoms with Crippen molar-refractivity contribution in [1.82, 2.24) is 4.98 Å². The number of hydrogen-bond acceptors (Lipinski definition) is 6. The minimum Gasteiger partial charge on any atom is -0.384 e. The van der Waals surface area contributed by atoms with Crippen LogP contribution in [0.25, 0.3) is 0 Å². The molecule has 0 amide bonds. The van der Waals surface area contributed by atoms with Crippen LogP contribution in [0.3, 0.4) is 0 Å². The minimum atomic E-state index is -4.28. The molecule has 0 aliphatic carbocycles. The highest BCUT2D eigenvalue weighted by Crippen LogP contribution is 2.30. The third kappa shape index (κ3) is 6.84. The Bertz CT molecular complexity index is 891. The molecular weight excluding hydrogens is 430 g/mol. The Labute approximate surface area is 172 Å². The Morgan fingerprint density at radius 1 is 1.25 bits per heavy atom. The highest BCUT2D eigenvalue weighted by molar-refractivity contribution is 7.93. The highest BCUT2D eigenvalue weighted by Gasteiger charge is 2.22. The molecule has 0 radical (unpaired) electrons. The number of thiazole rings is 1. The Balaban J connectivity index is 1.94. The number of halogens is 3. The van der Waals surface area contributed by atoms with Gasteiger partial charge >= 0.3 is 0 Å². The Morgan fingerprint density at radius 2 is 1.96 bits per heavy atom. The first-order chi connectivity index (χ1) is 13.2. The van der Waals surface area contributed by atoms with Crippen LogP contribution in [0, 0.1) is 10.9 Å². The molecule has 1 heterocycles. The van der Waals surface area contributed by atoms with Crippen molar-refractivity contribution in [2.45, 2.75) is 50.0 Å². The number of rotatable bonds is 11. The molecule has 0 saturated heterocycles. The molecule has 1 aromatic carbocycles. The largest absolute Gasteiger partial charge is 0.384 e. The summed E-state index contributed by atoms with van der Waals surface area (Å²) in [5.74, 6) is -0.964. The van der Waals surface area contributed by atoms with Crippen molar-refractivity contribution in [3.8, 4) is 0 Å². The van der Waals surface area contributed by atoms with Crippen LogP contribution in [0.1, 0.15) is 39.0 Å². The van der Waals surface area contributed by atoms with Crippen molar-refractivity contribution in [2.24, 2.45) is 5.73 Å². The standard InChI is InChI=1S/C17H23ClF2N4O2S2/c1-11(21)6-4-2-3-5-7-22-14-9-13(19)15(8-12(14)18)28(25,26)24-17-23-10-16(20)27-17/h8-11,22H,2-7,21H2,1H3,(H,23,24)/t11-/m1/s1. The van der Waals surface area contributed by atoms with Gasteiger partial charge < -0.3 is 11.1 Å². The maximum absolute atomic E-state index is 14.4. The van der Waals surface area contributed by atoms with Crippen molar-refractivity contribution < 1.29 is 17.2 Å². The third-order valence-electron chi connectivity index (χ3n) is 3.91. The second-order valence-corrected chi connectivity index (χ2v) is 9.48. The van der Waals surface area contributed by atoms with E-state index in [-0.39, 0.29) is 16.2 Å². The molecule has 156 valence electrons. The molecule has 6 nitrogen and oxygen atoms in total. The first kappa shape index (κ1) is 22.8. The Morgan fingerprint density at radius 3 is 2.61 bits per heavy atom. The summed E-state index contributed by atoms with van der Waals surface area (Å²) in [7, 11) is -4.28. The van der Waals surface area contributed by atoms with Gasteiger partial charge in [-0.3, -0.25) is 4.72 Å². The molecule has 1 aromatic heterocycles. The summed E-state index contributed by atoms with van der Waals surface area (Å²) in [6.07, 6.45) is 5.85. The lowest BCUT2D eigenvalue weighted by molar-refractivity contribution is 0.569. The zero-order valence-corrected chi connectivity index (χ0v) is 17.7. The quantitative estimate of drug-likeness (QED) is 0.433. The number of hydrogen-bond donors (Lipinski definition) is 3. The smallest absolute Gasteiger partial charge is 0.266 e. The van der Waals surface area contributed by atoms with Crippen LogP contribution in [0.4, 0.5) is 19.6 Å². The van der Waals surface area contributed by atoms with Crippen molar-refractivity contribution >= 4 is 43.8 Å². The fraction of sp³-hybridized carbons (Fsp3) is 0.471. The van der Waals surface area contributed by atoms with Crippen LogP contribution in [-0.2, 0) is 10.0 Å². The van der Waals surface area contributed by atoms with Gasteiger partial charge in [0.15, 0.2) is 10.3 Å². The van der Waals surface area contributed by atoms with Gasteiger partial charge in [0, 0.05) is 12.6 Å². The van der Waals surface area contributed by atoms with Crippen LogP contribution < -0.4 is 15.8 Å². The normalized spacial score (nSPS) is 12.8. The van der Waals surface area contributed by atoms with Gasteiger partial charge in [0.1, 0.15) is 10.7 Å². The number of nitrogens with one attached hydrogen (secondary N) is 2. The van der Waals surface area contributed by atoms with E-state index in [1.54, 1.807) is 0 Å². The summed E-state index contributed by atoms with van der Waals surface area (Å²) in [4.78, 5) is 2.93. The van der Waals surface area contributed by atoms with Gasteiger partial charge in [-0.15, -0.1) is 0 Å². The topological polar surface area (TPSA) is 97.1 Å². The lowest BCUT2D eigenvalue weighted by atomic mass is 10.1. The summed E-state index contributed by atoms with van der Waals surface area (Å²) in [5, 5.41) is 2.23. The second-order valence-electron chi connectivity index (χ2n) is 6.44. The predicted molar refractivity (Wildman–Crippen MR) is 110 cm³/mol. The molecule has 2 rings (SSSR count). The molecule has 11 heteroatoms. The monoisotopic (exact) mass is 452 g/mol. The molecular formula is C17H23ClF2N4O2S2. The lowest BCUT2D eigenvalue weighted by Crippen LogP contribution is -2.15. The van der Waals surface area contributed by atoms with Crippen molar-refractivity contribution in [3.05, 3.63) is 34.3 Å². The molecule has 0 aliphatic rings. The average molecular weight is 453 g/mol. The highest BCUT2D eigenvalue weighted by atomic mass is 35.5. The lowest BCUT2D eigenvalue weighted by Gasteiger charge is -2.12. The van der Waals surface area contributed by atoms with Gasteiger partial charge in [0.05, 0.1) is 16.9 Å². The van der Waals surface area contributed by atoms with Gasteiger partial charge in [-0.05, 0) is 31.9 Å². The van der Waals surface area contributed by atoms with Gasteiger partial charge in [0.25, 0.3) is 10.0 Å². The molecule has 28 heavy (non-hydrogen) atoms. The summed E-state index contributed by atoms with van der Waals surface area (Å²) in [6.45, 7) is 2.56. The Kier molecular flexibility index (Phi) is 8.41. The van der Waals surface area contributed by atoms with Crippen LogP contribution in [0.15, 0.2) is 23.2 Å². The molecule has 2 aromatic rings. The molecule has 0 saturated carbocycles. The first-order valence-electron chi connectivity index (χ1n) is 8.81. The Hall–Kier alpha value is -1.49. The zero-order valence-electron chi connectivity index (χ0n) is 15.3. The van der Waals surface area contributed by atoms with Crippen molar-refractivity contribution in [2.75, 3.05) is 16.6 Å². The van der Waals surface area contributed by atoms with Crippen molar-refractivity contribution in [1.29, 1.82) is 0 Å². The fourth-order valence-electron chi connectivity index (χ4n) is 2.51. The van der Waals surface area contributed by atoms with Gasteiger partial charge in [0.2, 0.25) is 0 Å². The van der Waals surface area contributed by atoms with Crippen molar-refractivity contribution in [3.63, 3.8) is 0 Å². The SMILES string of the molecule is C[C@@H](N)CCCCCCNc1cc(F)c(S(=O)(=O)Nc2ncc(F)s2)cc1Cl. The molecule has 0 unspecified atom stereocenters. The number of nitrogens with zero attached hydrogens (tertiary/aromatic N) is 1. The summed E-state index contributed by atoms with van der Waals surface area (Å²) < 4.78 is 54.0. The average Bonchev–Trinajstić information content (AvgIpc) is 3.00. The fourth-order valence-corrected chi connectivity index (χ4v) is 4.68. The summed E-state index contributed by atoms with van der Waals surface area (Å²) in [5.41, 5.74) is 6.01. The van der Waals surface area contributed by atoms with Gasteiger partial charge in [-0.1, -0.05) is 42.2 Å². The van der Waals surface area contributed by atoms with Crippen LogP contribution in [0.5, 0.6) is 0 Å². The maximum atomic E-state index is 14.4. The maximum Gasteiger partial charge on any atom is 0.266 e. The second kappa shape index (κ2) is 10.3. The van der Waals surface area contributed by atoms with Gasteiger partial charge in [-0.25, -0.2) is 17.8 Å². The van der Waals surface area contributed by atoms with Gasteiger partial charge in [-0.2, -0.15) is 4.39 Å². The molecule has 0 fully saturated rings. The summed E-state index contributed by atoms with van der Waals surface area (Å²) >= 11 is 6.60. The number of unbranched alkanes of at least 4 members (excludes halogenated alkanes) is 3. The number of sulfonamides is 1. The minimum absolute atomic E-state index is 0.0732. The molecule has 0 bridgehead atoms. The third-order valence-corrected chi connectivity index (χ3v) is 6.41. The van der Waals surface area contributed by atoms with E-state index in [0.29, 0.717) is 23.6 Å². The van der Waals surface area contributed by atoms with Crippen LogP contribution in [-0.4, -0.2) is 26.0 Å². The first-order valence-corrected chi connectivity index (χ1v) is 11.5. The molecule has 0 aliphatic heterocycles. The number of anilines is 2. The number of nitrogens with two attached hydrogens (primary N) is 1. The van der Waals surface area contributed by atoms with Crippen LogP contribution in [0.2, 0.25) is 5.02 Å². The van der Waals surface area contributed by atoms with E-state index < -0.39 is 25.9 Å². The molecule has 0 spiro atoms. The van der Waals surface area contributed by atoms with E-state index in [2.05, 4.69) is 10.3 Å². The summed E-state index contributed by atoms with van der Waals surface area (Å²) in [6, 6.07) is 2.27. The van der Waals surface area contributed by atoms with E-state index in [1.165, 1.54) is 0 Å². The molecule has 1 atom stereocenters. The van der Waals surface area contributed by atoms with E-state index in [0.717, 1.165) is 50.4 Å². The number of benzene rings is 1. The predicted octanol–water partition coefficient (Wildman–Crippen LogP) is 4.59. The van der Waals surface area contributed by atoms with E-state index >= 15 is 0 Å². The number of aromatic nitrogens is 1. The molecule has 4 N–H and O–H groups in total. The van der Waals surface area contributed by atoms with E-state index in [9.17, 15) is 17.2 Å².